The zero-order valence-corrected chi connectivity index (χ0v) is 10.4. The van der Waals surface area contributed by atoms with E-state index in [1.54, 1.807) is 6.07 Å². The number of nitrogens with two attached hydrogens (primary N) is 1. The van der Waals surface area contributed by atoms with Gasteiger partial charge in [-0.05, 0) is 23.8 Å². The molecule has 3 N–H and O–H groups in total. The molecule has 1 heterocycles. The van der Waals surface area contributed by atoms with E-state index in [2.05, 4.69) is 4.90 Å². The van der Waals surface area contributed by atoms with Crippen LogP contribution >= 0.6 is 11.6 Å². The minimum atomic E-state index is -0.0934. The van der Waals surface area contributed by atoms with Crippen molar-refractivity contribution in [3.05, 3.63) is 28.8 Å². The van der Waals surface area contributed by atoms with Gasteiger partial charge in [-0.1, -0.05) is 11.6 Å². The Labute approximate surface area is 106 Å². The minimum Gasteiger partial charge on any atom is -0.398 e. The maximum atomic E-state index is 9.08. The highest BCUT2D eigenvalue weighted by Crippen LogP contribution is 2.20. The van der Waals surface area contributed by atoms with Gasteiger partial charge in [0.05, 0.1) is 19.3 Å². The molecule has 1 aromatic rings. The van der Waals surface area contributed by atoms with E-state index < -0.39 is 0 Å². The first-order valence-electron chi connectivity index (χ1n) is 5.68. The van der Waals surface area contributed by atoms with Gasteiger partial charge in [-0.2, -0.15) is 0 Å². The average molecular weight is 257 g/mol. The van der Waals surface area contributed by atoms with Crippen molar-refractivity contribution in [2.75, 3.05) is 32.0 Å². The van der Waals surface area contributed by atoms with Crippen molar-refractivity contribution in [1.29, 1.82) is 0 Å². The van der Waals surface area contributed by atoms with Crippen LogP contribution < -0.4 is 5.73 Å². The lowest BCUT2D eigenvalue weighted by atomic mass is 10.1. The molecule has 0 saturated carbocycles. The molecule has 1 fully saturated rings. The van der Waals surface area contributed by atoms with Crippen molar-refractivity contribution >= 4 is 17.3 Å². The van der Waals surface area contributed by atoms with Gasteiger partial charge in [0.25, 0.3) is 0 Å². The number of hydrogen-bond donors (Lipinski definition) is 2. The number of nitrogens with zero attached hydrogens (tertiary/aromatic N) is 1. The van der Waals surface area contributed by atoms with Crippen LogP contribution in [0.5, 0.6) is 0 Å². The van der Waals surface area contributed by atoms with Gasteiger partial charge in [-0.25, -0.2) is 0 Å². The number of nitrogen functional groups attached to an aromatic ring is 1. The summed E-state index contributed by atoms with van der Waals surface area (Å²) in [6.07, 6.45) is -0.0934. The van der Waals surface area contributed by atoms with Crippen LogP contribution in [0, 0.1) is 0 Å². The predicted octanol–water partition coefficient (Wildman–Crippen LogP) is 1.12. The lowest BCUT2D eigenvalue weighted by molar-refractivity contribution is -0.0550. The molecule has 0 bridgehead atoms. The molecule has 1 unspecified atom stereocenters. The van der Waals surface area contributed by atoms with Gasteiger partial charge in [0, 0.05) is 30.3 Å². The monoisotopic (exact) mass is 256 g/mol. The van der Waals surface area contributed by atoms with Crippen molar-refractivity contribution in [3.8, 4) is 0 Å². The van der Waals surface area contributed by atoms with E-state index in [9.17, 15) is 0 Å². The molecule has 1 aliphatic heterocycles. The largest absolute Gasteiger partial charge is 0.398 e. The number of anilines is 1. The Kier molecular flexibility index (Phi) is 4.23. The number of halogens is 1. The normalized spacial score (nSPS) is 21.6. The van der Waals surface area contributed by atoms with Gasteiger partial charge >= 0.3 is 0 Å². The molecule has 5 heteroatoms. The van der Waals surface area contributed by atoms with Gasteiger partial charge in [0.15, 0.2) is 0 Å². The molecule has 1 aliphatic rings. The third-order valence-corrected chi connectivity index (χ3v) is 3.16. The Morgan fingerprint density at radius 2 is 2.35 bits per heavy atom. The number of rotatable bonds is 3. The first-order chi connectivity index (χ1) is 8.19. The summed E-state index contributed by atoms with van der Waals surface area (Å²) in [7, 11) is 0. The number of aliphatic hydroxyl groups excluding tert-OH is 1. The van der Waals surface area contributed by atoms with Crippen LogP contribution in [0.15, 0.2) is 18.2 Å². The first kappa shape index (κ1) is 12.6. The lowest BCUT2D eigenvalue weighted by Gasteiger charge is -2.32. The van der Waals surface area contributed by atoms with Crippen LogP contribution in [0.3, 0.4) is 0 Å². The average Bonchev–Trinajstić information content (AvgIpc) is 2.34. The molecule has 2 rings (SSSR count). The minimum absolute atomic E-state index is 0.0571. The van der Waals surface area contributed by atoms with Crippen molar-refractivity contribution in [2.45, 2.75) is 12.6 Å². The van der Waals surface area contributed by atoms with Gasteiger partial charge < -0.3 is 15.6 Å². The van der Waals surface area contributed by atoms with Crippen LogP contribution in [0.4, 0.5) is 5.69 Å². The molecule has 1 atom stereocenters. The third-order valence-electron chi connectivity index (χ3n) is 2.93. The maximum Gasteiger partial charge on any atom is 0.0933 e. The van der Waals surface area contributed by atoms with E-state index >= 15 is 0 Å². The third kappa shape index (κ3) is 3.33. The van der Waals surface area contributed by atoms with E-state index in [0.29, 0.717) is 11.6 Å². The standard InChI is InChI=1S/C12H17ClN2O2/c13-10-1-2-12(14)9(5-10)6-15-3-4-17-11(7-15)8-16/h1-2,5,11,16H,3-4,6-8,14H2. The summed E-state index contributed by atoms with van der Waals surface area (Å²) in [6.45, 7) is 3.02. The van der Waals surface area contributed by atoms with E-state index in [1.807, 2.05) is 12.1 Å². The van der Waals surface area contributed by atoms with E-state index in [1.165, 1.54) is 0 Å². The zero-order valence-electron chi connectivity index (χ0n) is 9.60. The van der Waals surface area contributed by atoms with Gasteiger partial charge in [-0.3, -0.25) is 4.90 Å². The van der Waals surface area contributed by atoms with Crippen LogP contribution in [-0.2, 0) is 11.3 Å². The first-order valence-corrected chi connectivity index (χ1v) is 6.05. The Bertz CT molecular complexity index is 387. The number of ether oxygens (including phenoxy) is 1. The van der Waals surface area contributed by atoms with Gasteiger partial charge in [-0.15, -0.1) is 0 Å². The van der Waals surface area contributed by atoms with Crippen molar-refractivity contribution in [3.63, 3.8) is 0 Å². The van der Waals surface area contributed by atoms with E-state index in [0.717, 1.165) is 30.9 Å². The summed E-state index contributed by atoms with van der Waals surface area (Å²) >= 11 is 5.95. The zero-order chi connectivity index (χ0) is 12.3. The second kappa shape index (κ2) is 5.69. The fourth-order valence-corrected chi connectivity index (χ4v) is 2.18. The molecular formula is C12H17ClN2O2. The van der Waals surface area contributed by atoms with Gasteiger partial charge in [0.2, 0.25) is 0 Å². The molecule has 0 amide bonds. The highest BCUT2D eigenvalue weighted by atomic mass is 35.5. The molecule has 4 nitrogen and oxygen atoms in total. The van der Waals surface area contributed by atoms with Crippen molar-refractivity contribution in [2.24, 2.45) is 0 Å². The van der Waals surface area contributed by atoms with Crippen LogP contribution in [0.25, 0.3) is 0 Å². The SMILES string of the molecule is Nc1ccc(Cl)cc1CN1CCOC(CO)C1. The fraction of sp³-hybridized carbons (Fsp3) is 0.500. The molecule has 17 heavy (non-hydrogen) atoms. The molecule has 1 saturated heterocycles. The molecule has 0 aliphatic carbocycles. The number of hydrogen-bond acceptors (Lipinski definition) is 4. The molecule has 0 radical (unpaired) electrons. The quantitative estimate of drug-likeness (QED) is 0.796. The highest BCUT2D eigenvalue weighted by molar-refractivity contribution is 6.30. The Hall–Kier alpha value is -0.810. The van der Waals surface area contributed by atoms with E-state index in [4.69, 9.17) is 27.2 Å². The molecular weight excluding hydrogens is 240 g/mol. The van der Waals surface area contributed by atoms with E-state index in [-0.39, 0.29) is 12.7 Å². The summed E-state index contributed by atoms with van der Waals surface area (Å²) in [5.41, 5.74) is 7.68. The summed E-state index contributed by atoms with van der Waals surface area (Å²) in [5.74, 6) is 0. The van der Waals surface area contributed by atoms with Crippen LogP contribution in [0.2, 0.25) is 5.02 Å². The van der Waals surface area contributed by atoms with Crippen LogP contribution in [-0.4, -0.2) is 42.4 Å². The highest BCUT2D eigenvalue weighted by Gasteiger charge is 2.20. The second-order valence-electron chi connectivity index (χ2n) is 4.25. The Morgan fingerprint density at radius 3 is 3.12 bits per heavy atom. The predicted molar refractivity (Wildman–Crippen MR) is 68.0 cm³/mol. The molecule has 1 aromatic carbocycles. The topological polar surface area (TPSA) is 58.7 Å². The van der Waals surface area contributed by atoms with Crippen molar-refractivity contribution < 1.29 is 9.84 Å². The Balaban J connectivity index is 2.02. The molecule has 94 valence electrons. The summed E-state index contributed by atoms with van der Waals surface area (Å²) in [5, 5.41) is 9.77. The molecule has 0 aromatic heterocycles. The summed E-state index contributed by atoms with van der Waals surface area (Å²) in [4.78, 5) is 2.21. The summed E-state index contributed by atoms with van der Waals surface area (Å²) in [6, 6.07) is 5.50. The fourth-order valence-electron chi connectivity index (χ4n) is 1.99. The lowest BCUT2D eigenvalue weighted by Crippen LogP contribution is -2.43. The molecule has 0 spiro atoms. The van der Waals surface area contributed by atoms with Crippen molar-refractivity contribution in [1.82, 2.24) is 4.90 Å². The second-order valence-corrected chi connectivity index (χ2v) is 4.69. The number of benzene rings is 1. The van der Waals surface area contributed by atoms with Gasteiger partial charge in [0.1, 0.15) is 0 Å². The summed E-state index contributed by atoms with van der Waals surface area (Å²) < 4.78 is 5.40. The number of morpholine rings is 1. The Morgan fingerprint density at radius 1 is 1.53 bits per heavy atom. The van der Waals surface area contributed by atoms with Crippen LogP contribution in [0.1, 0.15) is 5.56 Å². The maximum absolute atomic E-state index is 9.08. The number of aliphatic hydroxyl groups is 1. The smallest absolute Gasteiger partial charge is 0.0933 e.